The van der Waals surface area contributed by atoms with Crippen molar-refractivity contribution in [2.45, 2.75) is 58.2 Å². The highest BCUT2D eigenvalue weighted by Crippen LogP contribution is 2.24. The van der Waals surface area contributed by atoms with Gasteiger partial charge in [0.05, 0.1) is 23.6 Å². The fraction of sp³-hybridized carbons (Fsp3) is 0.440. The highest BCUT2D eigenvalue weighted by Gasteiger charge is 2.30. The maximum absolute atomic E-state index is 12.8. The second-order valence-electron chi connectivity index (χ2n) is 9.34. The predicted molar refractivity (Wildman–Crippen MR) is 132 cm³/mol. The summed E-state index contributed by atoms with van der Waals surface area (Å²) in [6.45, 7) is 7.82. The van der Waals surface area contributed by atoms with Crippen molar-refractivity contribution < 1.29 is 9.53 Å². The highest BCUT2D eigenvalue weighted by atomic mass is 79.9. The van der Waals surface area contributed by atoms with Crippen LogP contribution >= 0.6 is 15.9 Å². The van der Waals surface area contributed by atoms with E-state index in [1.54, 1.807) is 0 Å². The molecule has 0 unspecified atom stereocenters. The molecule has 1 aliphatic rings. The lowest BCUT2D eigenvalue weighted by Gasteiger charge is -2.36. The number of anilines is 1. The molecule has 0 saturated carbocycles. The number of nitrogens with zero attached hydrogens (tertiary/aromatic N) is 3. The molecule has 3 aromatic rings. The molecule has 6 nitrogen and oxygen atoms in total. The summed E-state index contributed by atoms with van der Waals surface area (Å²) < 4.78 is 8.93. The largest absolute Gasteiger partial charge is 0.444 e. The molecule has 0 radical (unpaired) electrons. The van der Waals surface area contributed by atoms with Crippen LogP contribution in [0.2, 0.25) is 0 Å². The van der Waals surface area contributed by atoms with Gasteiger partial charge in [-0.3, -0.25) is 0 Å². The van der Waals surface area contributed by atoms with Gasteiger partial charge < -0.3 is 19.5 Å². The van der Waals surface area contributed by atoms with Crippen LogP contribution in [-0.2, 0) is 11.3 Å². The number of carbonyl (C=O) groups excluding carboxylic acids is 1. The Morgan fingerprint density at radius 3 is 2.66 bits per heavy atom. The van der Waals surface area contributed by atoms with Crippen molar-refractivity contribution >= 4 is 39.0 Å². The van der Waals surface area contributed by atoms with Gasteiger partial charge in [-0.15, -0.1) is 0 Å². The molecule has 1 aliphatic heterocycles. The standard InChI is InChI=1S/C25H31BrN4O2/c1-25(2,3)32-24(31)29-15-7-6-8-20(29)16-27-23-28-21-9-4-5-10-22(21)30(23)17-18-11-13-19(26)14-12-18/h4-5,9-14,20H,6-8,15-17H2,1-3H3,(H,27,28)/t20-/m0/s1. The van der Waals surface area contributed by atoms with E-state index in [1.807, 2.05) is 43.9 Å². The Morgan fingerprint density at radius 2 is 1.91 bits per heavy atom. The number of para-hydroxylation sites is 2. The van der Waals surface area contributed by atoms with Gasteiger partial charge in [0.25, 0.3) is 0 Å². The molecule has 1 fully saturated rings. The number of nitrogens with one attached hydrogen (secondary N) is 1. The van der Waals surface area contributed by atoms with E-state index in [0.29, 0.717) is 6.54 Å². The van der Waals surface area contributed by atoms with Crippen molar-refractivity contribution in [2.75, 3.05) is 18.4 Å². The number of carbonyl (C=O) groups is 1. The van der Waals surface area contributed by atoms with Crippen molar-refractivity contribution in [3.63, 3.8) is 0 Å². The SMILES string of the molecule is CC(C)(C)OC(=O)N1CCCC[C@H]1CNc1nc2ccccc2n1Cc1ccc(Br)cc1. The first-order valence-corrected chi connectivity index (χ1v) is 12.0. The Labute approximate surface area is 198 Å². The molecule has 2 heterocycles. The normalized spacial score (nSPS) is 16.9. The van der Waals surface area contributed by atoms with Gasteiger partial charge in [-0.05, 0) is 69.9 Å². The molecule has 1 saturated heterocycles. The average Bonchev–Trinajstić information content (AvgIpc) is 3.10. The van der Waals surface area contributed by atoms with Crippen LogP contribution in [0.15, 0.2) is 53.0 Å². The fourth-order valence-corrected chi connectivity index (χ4v) is 4.39. The Bertz CT molecular complexity index is 1070. The van der Waals surface area contributed by atoms with E-state index in [0.717, 1.165) is 53.8 Å². The van der Waals surface area contributed by atoms with Crippen LogP contribution in [0.3, 0.4) is 0 Å². The van der Waals surface area contributed by atoms with Crippen LogP contribution < -0.4 is 5.32 Å². The zero-order valence-corrected chi connectivity index (χ0v) is 20.6. The molecule has 0 spiro atoms. The molecule has 170 valence electrons. The zero-order chi connectivity index (χ0) is 22.7. The van der Waals surface area contributed by atoms with E-state index in [4.69, 9.17) is 9.72 Å². The van der Waals surface area contributed by atoms with E-state index in [2.05, 4.69) is 56.1 Å². The summed E-state index contributed by atoms with van der Waals surface area (Å²) >= 11 is 3.51. The third kappa shape index (κ3) is 5.44. The monoisotopic (exact) mass is 498 g/mol. The van der Waals surface area contributed by atoms with Crippen molar-refractivity contribution in [2.24, 2.45) is 0 Å². The van der Waals surface area contributed by atoms with Gasteiger partial charge in [0.15, 0.2) is 0 Å². The summed E-state index contributed by atoms with van der Waals surface area (Å²) in [4.78, 5) is 19.5. The number of piperidine rings is 1. The van der Waals surface area contributed by atoms with Crippen molar-refractivity contribution in [1.29, 1.82) is 0 Å². The van der Waals surface area contributed by atoms with Crippen molar-refractivity contribution in [3.8, 4) is 0 Å². The maximum Gasteiger partial charge on any atom is 0.410 e. The summed E-state index contributed by atoms with van der Waals surface area (Å²) in [6, 6.07) is 16.6. The fourth-order valence-electron chi connectivity index (χ4n) is 4.13. The lowest BCUT2D eigenvalue weighted by Crippen LogP contribution is -2.49. The minimum Gasteiger partial charge on any atom is -0.444 e. The average molecular weight is 499 g/mol. The lowest BCUT2D eigenvalue weighted by atomic mass is 10.0. The Balaban J connectivity index is 1.54. The Morgan fingerprint density at radius 1 is 1.16 bits per heavy atom. The maximum atomic E-state index is 12.8. The lowest BCUT2D eigenvalue weighted by molar-refractivity contribution is 0.0114. The van der Waals surface area contributed by atoms with Crippen LogP contribution in [0.1, 0.15) is 45.6 Å². The number of rotatable bonds is 5. The number of likely N-dealkylation sites (tertiary alicyclic amines) is 1. The van der Waals surface area contributed by atoms with E-state index in [9.17, 15) is 4.79 Å². The smallest absolute Gasteiger partial charge is 0.410 e. The van der Waals surface area contributed by atoms with Gasteiger partial charge in [0.1, 0.15) is 5.60 Å². The van der Waals surface area contributed by atoms with E-state index < -0.39 is 5.60 Å². The van der Waals surface area contributed by atoms with Gasteiger partial charge in [-0.1, -0.05) is 40.2 Å². The van der Waals surface area contributed by atoms with Crippen LogP contribution in [0.5, 0.6) is 0 Å². The van der Waals surface area contributed by atoms with E-state index >= 15 is 0 Å². The number of ether oxygens (including phenoxy) is 1. The number of benzene rings is 2. The molecule has 7 heteroatoms. The van der Waals surface area contributed by atoms with Crippen molar-refractivity contribution in [1.82, 2.24) is 14.5 Å². The van der Waals surface area contributed by atoms with E-state index in [1.165, 1.54) is 5.56 Å². The molecule has 2 aromatic carbocycles. The number of halogens is 1. The molecule has 1 aromatic heterocycles. The zero-order valence-electron chi connectivity index (χ0n) is 19.0. The molecule has 1 amide bonds. The molecule has 1 N–H and O–H groups in total. The van der Waals surface area contributed by atoms with Crippen LogP contribution in [0, 0.1) is 0 Å². The first-order valence-electron chi connectivity index (χ1n) is 11.2. The Kier molecular flexibility index (Phi) is 6.74. The summed E-state index contributed by atoms with van der Waals surface area (Å²) in [5, 5.41) is 3.54. The summed E-state index contributed by atoms with van der Waals surface area (Å²) in [7, 11) is 0. The second kappa shape index (κ2) is 9.53. The van der Waals surface area contributed by atoms with Gasteiger partial charge in [-0.25, -0.2) is 9.78 Å². The molecular weight excluding hydrogens is 468 g/mol. The van der Waals surface area contributed by atoms with Gasteiger partial charge >= 0.3 is 6.09 Å². The van der Waals surface area contributed by atoms with E-state index in [-0.39, 0.29) is 12.1 Å². The third-order valence-corrected chi connectivity index (χ3v) is 6.19. The molecule has 4 rings (SSSR count). The molecule has 0 aliphatic carbocycles. The number of amides is 1. The van der Waals surface area contributed by atoms with Gasteiger partial charge in [0, 0.05) is 17.6 Å². The van der Waals surface area contributed by atoms with Crippen LogP contribution in [-0.4, -0.2) is 45.3 Å². The summed E-state index contributed by atoms with van der Waals surface area (Å²) in [5.41, 5.74) is 2.75. The summed E-state index contributed by atoms with van der Waals surface area (Å²) in [5.74, 6) is 0.823. The minimum absolute atomic E-state index is 0.0829. The minimum atomic E-state index is -0.495. The molecule has 0 bridgehead atoms. The van der Waals surface area contributed by atoms with Gasteiger partial charge in [0.2, 0.25) is 5.95 Å². The van der Waals surface area contributed by atoms with Crippen LogP contribution in [0.4, 0.5) is 10.7 Å². The molecular formula is C25H31BrN4O2. The number of aromatic nitrogens is 2. The first-order chi connectivity index (χ1) is 15.3. The Hall–Kier alpha value is -2.54. The number of hydrogen-bond acceptors (Lipinski definition) is 4. The quantitative estimate of drug-likeness (QED) is 0.465. The summed E-state index contributed by atoms with van der Waals surface area (Å²) in [6.07, 6.45) is 2.85. The van der Waals surface area contributed by atoms with Crippen LogP contribution in [0.25, 0.3) is 11.0 Å². The predicted octanol–water partition coefficient (Wildman–Crippen LogP) is 6.05. The number of imidazole rings is 1. The molecule has 32 heavy (non-hydrogen) atoms. The highest BCUT2D eigenvalue weighted by molar-refractivity contribution is 9.10. The third-order valence-electron chi connectivity index (χ3n) is 5.66. The topological polar surface area (TPSA) is 59.4 Å². The van der Waals surface area contributed by atoms with Crippen molar-refractivity contribution in [3.05, 3.63) is 58.6 Å². The number of fused-ring (bicyclic) bond motifs is 1. The molecule has 1 atom stereocenters. The second-order valence-corrected chi connectivity index (χ2v) is 10.3. The van der Waals surface area contributed by atoms with Gasteiger partial charge in [-0.2, -0.15) is 0 Å². The first kappa shape index (κ1) is 22.6. The number of hydrogen-bond donors (Lipinski definition) is 1.